The van der Waals surface area contributed by atoms with Crippen LogP contribution in [-0.2, 0) is 6.42 Å². The quantitative estimate of drug-likeness (QED) is 0.424. The standard InChI is InChI=1S/C19H18N4O4/c1-3-6-17-21-15-8-5-4-7-14(15)19(25)22(17)20-11-13-9-12(2)10-16(18(13)24)23(26)27/h4-5,7-11,24H,3,6H2,1-2H3/b20-11+. The highest BCUT2D eigenvalue weighted by Gasteiger charge is 2.17. The number of phenolic OH excluding ortho intramolecular Hbond substituents is 1. The number of phenols is 1. The van der Waals surface area contributed by atoms with Crippen LogP contribution in [0.25, 0.3) is 10.9 Å². The Morgan fingerprint density at radius 3 is 2.78 bits per heavy atom. The lowest BCUT2D eigenvalue weighted by atomic mass is 10.1. The Balaban J connectivity index is 2.17. The highest BCUT2D eigenvalue weighted by Crippen LogP contribution is 2.30. The number of hydrogen-bond donors (Lipinski definition) is 1. The molecule has 0 saturated carbocycles. The Morgan fingerprint density at radius 1 is 1.33 bits per heavy atom. The van der Waals surface area contributed by atoms with Crippen LogP contribution in [0.15, 0.2) is 46.3 Å². The fraction of sp³-hybridized carbons (Fsp3) is 0.211. The summed E-state index contributed by atoms with van der Waals surface area (Å²) in [5.41, 5.74) is 0.602. The van der Waals surface area contributed by atoms with E-state index in [0.29, 0.717) is 28.7 Å². The molecule has 0 fully saturated rings. The molecule has 1 aromatic heterocycles. The van der Waals surface area contributed by atoms with Crippen molar-refractivity contribution in [2.24, 2.45) is 5.10 Å². The second-order valence-corrected chi connectivity index (χ2v) is 6.14. The predicted octanol–water partition coefficient (Wildman–Crippen LogP) is 3.15. The number of hydrogen-bond acceptors (Lipinski definition) is 6. The molecule has 0 saturated heterocycles. The summed E-state index contributed by atoms with van der Waals surface area (Å²) in [5.74, 6) is -0.00715. The number of benzene rings is 2. The van der Waals surface area contributed by atoms with E-state index in [4.69, 9.17) is 0 Å². The topological polar surface area (TPSA) is 111 Å². The number of fused-ring (bicyclic) bond motifs is 1. The molecule has 0 aliphatic rings. The number of para-hydroxylation sites is 1. The third-order valence-electron chi connectivity index (χ3n) is 4.07. The first-order valence-electron chi connectivity index (χ1n) is 8.45. The van der Waals surface area contributed by atoms with Gasteiger partial charge in [-0.2, -0.15) is 9.78 Å². The molecular formula is C19H18N4O4. The van der Waals surface area contributed by atoms with E-state index >= 15 is 0 Å². The van der Waals surface area contributed by atoms with E-state index in [9.17, 15) is 20.0 Å². The molecule has 138 valence electrons. The second kappa shape index (κ2) is 7.36. The molecule has 0 radical (unpaired) electrons. The van der Waals surface area contributed by atoms with Crippen molar-refractivity contribution < 1.29 is 10.0 Å². The highest BCUT2D eigenvalue weighted by atomic mass is 16.6. The molecule has 0 atom stereocenters. The first kappa shape index (κ1) is 18.2. The number of aromatic nitrogens is 2. The van der Waals surface area contributed by atoms with Crippen molar-refractivity contribution in [1.82, 2.24) is 9.66 Å². The minimum atomic E-state index is -0.661. The monoisotopic (exact) mass is 366 g/mol. The van der Waals surface area contributed by atoms with Crippen molar-refractivity contribution in [1.29, 1.82) is 0 Å². The summed E-state index contributed by atoms with van der Waals surface area (Å²) in [6.45, 7) is 3.64. The van der Waals surface area contributed by atoms with Gasteiger partial charge in [0.2, 0.25) is 5.75 Å². The number of aryl methyl sites for hydroxylation is 2. The maximum absolute atomic E-state index is 12.8. The lowest BCUT2D eigenvalue weighted by molar-refractivity contribution is -0.385. The van der Waals surface area contributed by atoms with Crippen molar-refractivity contribution in [3.05, 3.63) is 73.8 Å². The number of nitro groups is 1. The van der Waals surface area contributed by atoms with Crippen LogP contribution in [0.5, 0.6) is 5.75 Å². The van der Waals surface area contributed by atoms with E-state index in [1.165, 1.54) is 17.0 Å². The maximum atomic E-state index is 12.8. The Hall–Kier alpha value is -3.55. The molecule has 0 spiro atoms. The normalized spacial score (nSPS) is 11.3. The van der Waals surface area contributed by atoms with E-state index in [1.54, 1.807) is 31.2 Å². The number of rotatable bonds is 5. The molecule has 1 heterocycles. The van der Waals surface area contributed by atoms with Crippen molar-refractivity contribution in [2.45, 2.75) is 26.7 Å². The molecular weight excluding hydrogens is 348 g/mol. The summed E-state index contributed by atoms with van der Waals surface area (Å²) < 4.78 is 1.18. The van der Waals surface area contributed by atoms with Gasteiger partial charge in [-0.05, 0) is 37.1 Å². The van der Waals surface area contributed by atoms with Gasteiger partial charge in [-0.25, -0.2) is 4.98 Å². The van der Waals surface area contributed by atoms with E-state index in [1.807, 2.05) is 13.0 Å². The highest BCUT2D eigenvalue weighted by molar-refractivity contribution is 5.86. The first-order valence-corrected chi connectivity index (χ1v) is 8.45. The van der Waals surface area contributed by atoms with Crippen LogP contribution in [-0.4, -0.2) is 25.9 Å². The molecule has 2 aromatic carbocycles. The van der Waals surface area contributed by atoms with Crippen molar-refractivity contribution in [2.75, 3.05) is 0 Å². The van der Waals surface area contributed by atoms with Crippen LogP contribution in [0.1, 0.15) is 30.3 Å². The van der Waals surface area contributed by atoms with Gasteiger partial charge in [0.15, 0.2) is 0 Å². The molecule has 0 bridgehead atoms. The zero-order valence-electron chi connectivity index (χ0n) is 14.9. The van der Waals surface area contributed by atoms with Crippen LogP contribution in [0, 0.1) is 17.0 Å². The molecule has 1 N–H and O–H groups in total. The SMILES string of the molecule is CCCc1nc2ccccc2c(=O)n1/N=C/c1cc(C)cc([N+](=O)[O-])c1O. The fourth-order valence-electron chi connectivity index (χ4n) is 2.82. The summed E-state index contributed by atoms with van der Waals surface area (Å²) in [5, 5.41) is 25.8. The maximum Gasteiger partial charge on any atom is 0.311 e. The molecule has 0 unspecified atom stereocenters. The van der Waals surface area contributed by atoms with Gasteiger partial charge in [0, 0.05) is 18.1 Å². The van der Waals surface area contributed by atoms with Gasteiger partial charge in [-0.1, -0.05) is 19.1 Å². The van der Waals surface area contributed by atoms with Gasteiger partial charge in [-0.3, -0.25) is 14.9 Å². The third-order valence-corrected chi connectivity index (χ3v) is 4.07. The zero-order chi connectivity index (χ0) is 19.6. The van der Waals surface area contributed by atoms with Crippen molar-refractivity contribution in [3.63, 3.8) is 0 Å². The number of nitrogens with zero attached hydrogens (tertiary/aromatic N) is 4. The largest absolute Gasteiger partial charge is 0.502 e. The number of nitro benzene ring substituents is 1. The van der Waals surface area contributed by atoms with Crippen molar-refractivity contribution in [3.8, 4) is 5.75 Å². The van der Waals surface area contributed by atoms with Gasteiger partial charge in [-0.15, -0.1) is 0 Å². The van der Waals surface area contributed by atoms with Crippen LogP contribution in [0.4, 0.5) is 5.69 Å². The minimum Gasteiger partial charge on any atom is -0.502 e. The molecule has 0 aliphatic heterocycles. The lowest BCUT2D eigenvalue weighted by Crippen LogP contribution is -2.22. The van der Waals surface area contributed by atoms with Crippen LogP contribution in [0.3, 0.4) is 0 Å². The molecule has 3 aromatic rings. The van der Waals surface area contributed by atoms with Gasteiger partial charge in [0.25, 0.3) is 5.56 Å². The molecule has 0 aliphatic carbocycles. The van der Waals surface area contributed by atoms with Crippen molar-refractivity contribution >= 4 is 22.8 Å². The molecule has 27 heavy (non-hydrogen) atoms. The van der Waals surface area contributed by atoms with Crippen LogP contribution >= 0.6 is 0 Å². The summed E-state index contributed by atoms with van der Waals surface area (Å²) >= 11 is 0. The summed E-state index contributed by atoms with van der Waals surface area (Å²) in [7, 11) is 0. The lowest BCUT2D eigenvalue weighted by Gasteiger charge is -2.08. The molecule has 3 rings (SSSR count). The van der Waals surface area contributed by atoms with E-state index in [-0.39, 0.29) is 11.1 Å². The Labute approximate surface area is 154 Å². The Bertz CT molecular complexity index is 1120. The van der Waals surface area contributed by atoms with E-state index < -0.39 is 16.4 Å². The van der Waals surface area contributed by atoms with Crippen LogP contribution < -0.4 is 5.56 Å². The smallest absolute Gasteiger partial charge is 0.311 e. The average Bonchev–Trinajstić information content (AvgIpc) is 2.64. The molecule has 8 heteroatoms. The number of aromatic hydroxyl groups is 1. The minimum absolute atomic E-state index is 0.157. The predicted molar refractivity (Wildman–Crippen MR) is 102 cm³/mol. The summed E-state index contributed by atoms with van der Waals surface area (Å²) in [6, 6.07) is 9.82. The molecule has 8 nitrogen and oxygen atoms in total. The Kier molecular flexibility index (Phi) is 4.98. The van der Waals surface area contributed by atoms with Gasteiger partial charge >= 0.3 is 5.69 Å². The fourth-order valence-corrected chi connectivity index (χ4v) is 2.82. The average molecular weight is 366 g/mol. The van der Waals surface area contributed by atoms with Gasteiger partial charge < -0.3 is 5.11 Å². The second-order valence-electron chi connectivity index (χ2n) is 6.14. The first-order chi connectivity index (χ1) is 12.9. The van der Waals surface area contributed by atoms with E-state index in [0.717, 1.165) is 6.42 Å². The Morgan fingerprint density at radius 2 is 2.07 bits per heavy atom. The van der Waals surface area contributed by atoms with Crippen LogP contribution in [0.2, 0.25) is 0 Å². The zero-order valence-corrected chi connectivity index (χ0v) is 14.9. The van der Waals surface area contributed by atoms with E-state index in [2.05, 4.69) is 10.1 Å². The summed E-state index contributed by atoms with van der Waals surface area (Å²) in [6.07, 6.45) is 2.55. The van der Waals surface area contributed by atoms with Gasteiger partial charge in [0.05, 0.1) is 22.0 Å². The summed E-state index contributed by atoms with van der Waals surface area (Å²) in [4.78, 5) is 27.7. The molecule has 0 amide bonds. The third kappa shape index (κ3) is 3.55. The van der Waals surface area contributed by atoms with Gasteiger partial charge in [0.1, 0.15) is 5.82 Å².